The summed E-state index contributed by atoms with van der Waals surface area (Å²) in [5.74, 6) is -0.455. The molecule has 0 aromatic carbocycles. The molecule has 0 spiro atoms. The lowest BCUT2D eigenvalue weighted by molar-refractivity contribution is -0.142. The van der Waals surface area contributed by atoms with Crippen molar-refractivity contribution in [2.24, 2.45) is 11.3 Å². The fourth-order valence-corrected chi connectivity index (χ4v) is 7.27. The van der Waals surface area contributed by atoms with Crippen molar-refractivity contribution < 1.29 is 19.2 Å². The van der Waals surface area contributed by atoms with Gasteiger partial charge >= 0.3 is 0 Å². The maximum absolute atomic E-state index is 14.2. The fourth-order valence-electron chi connectivity index (χ4n) is 7.27. The molecule has 2 heterocycles. The van der Waals surface area contributed by atoms with Gasteiger partial charge in [-0.05, 0) is 70.8 Å². The normalized spacial score (nSPS) is 20.6. The number of likely N-dealkylation sites (N-methyl/N-ethyl adjacent to an activating group) is 1. The van der Waals surface area contributed by atoms with E-state index in [0.717, 1.165) is 45.1 Å². The number of carbonyl (C=O) groups excluding carboxylic acids is 4. The van der Waals surface area contributed by atoms with Crippen LogP contribution in [0.5, 0.6) is 0 Å². The molecule has 2 fully saturated rings. The van der Waals surface area contributed by atoms with E-state index in [4.69, 9.17) is 0 Å². The number of unbranched alkanes of at least 4 members (excludes halogenated alkanes) is 7. The minimum atomic E-state index is -0.718. The number of likely N-dealkylation sites (tertiary alicyclic amines) is 2. The first kappa shape index (κ1) is 41.7. The minimum Gasteiger partial charge on any atom is -0.354 e. The molecular formula is C39H71N5O4. The minimum absolute atomic E-state index is 0.0251. The molecule has 0 aromatic rings. The first-order chi connectivity index (χ1) is 22.6. The molecule has 48 heavy (non-hydrogen) atoms. The van der Waals surface area contributed by atoms with E-state index in [2.05, 4.69) is 36.3 Å². The van der Waals surface area contributed by atoms with Gasteiger partial charge in [0, 0.05) is 31.8 Å². The highest BCUT2D eigenvalue weighted by molar-refractivity contribution is 5.97. The third-order valence-electron chi connectivity index (χ3n) is 10.3. The summed E-state index contributed by atoms with van der Waals surface area (Å²) in [7, 11) is 1.77. The third kappa shape index (κ3) is 12.5. The van der Waals surface area contributed by atoms with E-state index >= 15 is 0 Å². The molecule has 4 amide bonds. The summed E-state index contributed by atoms with van der Waals surface area (Å²) in [6, 6.07) is -1.53. The first-order valence-corrected chi connectivity index (χ1v) is 19.2. The highest BCUT2D eigenvalue weighted by atomic mass is 16.2. The van der Waals surface area contributed by atoms with Gasteiger partial charge < -0.3 is 20.4 Å². The number of piperidine rings is 1. The Morgan fingerprint density at radius 2 is 1.44 bits per heavy atom. The molecule has 0 saturated carbocycles. The monoisotopic (exact) mass is 674 g/mol. The molecule has 4 atom stereocenters. The second kappa shape index (κ2) is 20.3. The van der Waals surface area contributed by atoms with Crippen molar-refractivity contribution in [1.82, 2.24) is 25.3 Å². The van der Waals surface area contributed by atoms with Crippen LogP contribution in [0, 0.1) is 11.3 Å². The molecule has 0 aliphatic carbocycles. The lowest BCUT2D eigenvalue weighted by atomic mass is 9.84. The van der Waals surface area contributed by atoms with Crippen LogP contribution in [-0.2, 0) is 19.2 Å². The van der Waals surface area contributed by atoms with Crippen molar-refractivity contribution in [2.75, 3.05) is 26.7 Å². The Hall–Kier alpha value is -2.42. The second-order valence-corrected chi connectivity index (χ2v) is 16.1. The van der Waals surface area contributed by atoms with Gasteiger partial charge in [0.1, 0.15) is 12.1 Å². The number of hydrogen-bond donors (Lipinski definition) is 2. The number of nitrogens with one attached hydrogen (secondary N) is 2. The van der Waals surface area contributed by atoms with Gasteiger partial charge in [-0.15, -0.1) is 0 Å². The van der Waals surface area contributed by atoms with Crippen molar-refractivity contribution >= 4 is 23.6 Å². The topological polar surface area (TPSA) is 102 Å². The Morgan fingerprint density at radius 1 is 0.833 bits per heavy atom. The molecule has 2 aliphatic rings. The van der Waals surface area contributed by atoms with E-state index in [-0.39, 0.29) is 47.7 Å². The Bertz CT molecular complexity index is 1070. The van der Waals surface area contributed by atoms with Gasteiger partial charge in [-0.1, -0.05) is 99.0 Å². The molecule has 0 radical (unpaired) electrons. The van der Waals surface area contributed by atoms with Crippen LogP contribution in [0.25, 0.3) is 0 Å². The summed E-state index contributed by atoms with van der Waals surface area (Å²) in [4.78, 5) is 60.3. The SMILES string of the molecule is CCCCCCCCCCNC(=O)[C@@H]1CCCN1C(=O)C(C)=C[C@H](C(C)C)N(C)C(=O)[C@@H](NC(=O)[C@H]1CCCCN1C(C)C)C(C)(C)C. The fraction of sp³-hybridized carbons (Fsp3) is 0.846. The zero-order valence-electron chi connectivity index (χ0n) is 32.3. The van der Waals surface area contributed by atoms with Crippen LogP contribution in [-0.4, -0.2) is 95.2 Å². The Morgan fingerprint density at radius 3 is 2.02 bits per heavy atom. The molecule has 0 aromatic heterocycles. The van der Waals surface area contributed by atoms with Gasteiger partial charge in [0.25, 0.3) is 0 Å². The van der Waals surface area contributed by atoms with Crippen LogP contribution in [0.1, 0.15) is 146 Å². The van der Waals surface area contributed by atoms with E-state index in [1.165, 1.54) is 38.5 Å². The molecule has 276 valence electrons. The van der Waals surface area contributed by atoms with E-state index in [0.29, 0.717) is 25.1 Å². The van der Waals surface area contributed by atoms with Crippen molar-refractivity contribution in [3.63, 3.8) is 0 Å². The number of rotatable bonds is 18. The molecule has 9 heteroatoms. The van der Waals surface area contributed by atoms with Crippen LogP contribution < -0.4 is 10.6 Å². The van der Waals surface area contributed by atoms with Gasteiger partial charge in [-0.2, -0.15) is 0 Å². The average molecular weight is 674 g/mol. The van der Waals surface area contributed by atoms with E-state index in [1.54, 1.807) is 23.8 Å². The van der Waals surface area contributed by atoms with Crippen LogP contribution >= 0.6 is 0 Å². The lowest BCUT2D eigenvalue weighted by Crippen LogP contribution is -2.60. The van der Waals surface area contributed by atoms with Crippen LogP contribution in [0.4, 0.5) is 0 Å². The number of hydrogen-bond acceptors (Lipinski definition) is 5. The Labute approximate surface area is 293 Å². The van der Waals surface area contributed by atoms with Gasteiger partial charge in [0.15, 0.2) is 0 Å². The highest BCUT2D eigenvalue weighted by Gasteiger charge is 2.40. The van der Waals surface area contributed by atoms with Crippen molar-refractivity contribution in [3.05, 3.63) is 11.6 Å². The molecule has 9 nitrogen and oxygen atoms in total. The second-order valence-electron chi connectivity index (χ2n) is 16.1. The molecule has 2 rings (SSSR count). The standard InChI is InChI=1S/C39H71N5O4/c1-11-12-13-14-15-16-17-19-24-40-35(45)31-23-21-26-44(31)37(47)30(6)27-33(28(2)3)42(10)38(48)34(39(7,8)9)41-36(46)32-22-18-20-25-43(32)29(4)5/h27-29,31-34H,11-26H2,1-10H3,(H,40,45)(H,41,46)/t31-,32+,33+,34+/m0/s1. The summed E-state index contributed by atoms with van der Waals surface area (Å²) in [5.41, 5.74) is 0.0152. The molecule has 2 aliphatic heterocycles. The molecule has 2 N–H and O–H groups in total. The summed E-state index contributed by atoms with van der Waals surface area (Å²) >= 11 is 0. The van der Waals surface area contributed by atoms with Gasteiger partial charge in [-0.3, -0.25) is 24.1 Å². The number of carbonyl (C=O) groups is 4. The Balaban J connectivity index is 2.07. The van der Waals surface area contributed by atoms with E-state index < -0.39 is 17.5 Å². The van der Waals surface area contributed by atoms with Gasteiger partial charge in [0.2, 0.25) is 23.6 Å². The maximum Gasteiger partial charge on any atom is 0.249 e. The van der Waals surface area contributed by atoms with Gasteiger partial charge in [0.05, 0.1) is 12.1 Å². The Kier molecular flexibility index (Phi) is 17.7. The first-order valence-electron chi connectivity index (χ1n) is 19.2. The maximum atomic E-state index is 14.2. The highest BCUT2D eigenvalue weighted by Crippen LogP contribution is 2.27. The molecular weight excluding hydrogens is 602 g/mol. The van der Waals surface area contributed by atoms with Crippen LogP contribution in [0.3, 0.4) is 0 Å². The predicted octanol–water partition coefficient (Wildman–Crippen LogP) is 6.46. The van der Waals surface area contributed by atoms with Gasteiger partial charge in [-0.25, -0.2) is 0 Å². The van der Waals surface area contributed by atoms with Crippen molar-refractivity contribution in [1.29, 1.82) is 0 Å². The zero-order valence-corrected chi connectivity index (χ0v) is 32.3. The lowest BCUT2D eigenvalue weighted by Gasteiger charge is -2.41. The third-order valence-corrected chi connectivity index (χ3v) is 10.3. The average Bonchev–Trinajstić information content (AvgIpc) is 3.53. The summed E-state index contributed by atoms with van der Waals surface area (Å²) in [5, 5.41) is 6.23. The summed E-state index contributed by atoms with van der Waals surface area (Å²) in [6.45, 7) is 20.3. The van der Waals surface area contributed by atoms with Crippen LogP contribution in [0.15, 0.2) is 11.6 Å². The summed E-state index contributed by atoms with van der Waals surface area (Å²) in [6.07, 6.45) is 15.9. The molecule has 0 unspecified atom stereocenters. The summed E-state index contributed by atoms with van der Waals surface area (Å²) < 4.78 is 0. The molecule has 0 bridgehead atoms. The smallest absolute Gasteiger partial charge is 0.249 e. The number of nitrogens with zero attached hydrogens (tertiary/aromatic N) is 3. The van der Waals surface area contributed by atoms with Crippen molar-refractivity contribution in [3.8, 4) is 0 Å². The van der Waals surface area contributed by atoms with E-state index in [1.807, 2.05) is 40.7 Å². The van der Waals surface area contributed by atoms with Crippen LogP contribution in [0.2, 0.25) is 0 Å². The quantitative estimate of drug-likeness (QED) is 0.129. The number of amides is 4. The van der Waals surface area contributed by atoms with Crippen molar-refractivity contribution in [2.45, 2.75) is 176 Å². The van der Waals surface area contributed by atoms with E-state index in [9.17, 15) is 19.2 Å². The zero-order chi connectivity index (χ0) is 36.0. The molecule has 2 saturated heterocycles. The predicted molar refractivity (Wildman–Crippen MR) is 196 cm³/mol. The largest absolute Gasteiger partial charge is 0.354 e.